The molecule has 0 unspecified atom stereocenters. The van der Waals surface area contributed by atoms with E-state index in [0.29, 0.717) is 26.7 Å². The highest BCUT2D eigenvalue weighted by Crippen LogP contribution is 2.37. The van der Waals surface area contributed by atoms with Gasteiger partial charge >= 0.3 is 5.97 Å². The minimum absolute atomic E-state index is 0.00823. The third kappa shape index (κ3) is 4.69. The number of benzene rings is 2. The molecule has 0 aliphatic heterocycles. The largest absolute Gasteiger partial charge is 0.465 e. The molecule has 29 heavy (non-hydrogen) atoms. The molecule has 0 spiro atoms. The van der Waals surface area contributed by atoms with Crippen LogP contribution in [0, 0.1) is 0 Å². The Labute approximate surface area is 179 Å². The van der Waals surface area contributed by atoms with Crippen molar-refractivity contribution in [3.63, 3.8) is 0 Å². The van der Waals surface area contributed by atoms with Crippen molar-refractivity contribution in [2.24, 2.45) is 0 Å². The van der Waals surface area contributed by atoms with Crippen molar-refractivity contribution >= 4 is 39.8 Å². The molecule has 3 aromatic rings. The summed E-state index contributed by atoms with van der Waals surface area (Å²) in [6.07, 6.45) is 0. The van der Waals surface area contributed by atoms with Gasteiger partial charge in [-0.05, 0) is 40.8 Å². The summed E-state index contributed by atoms with van der Waals surface area (Å²) in [7, 11) is 1.32. The number of anilines is 1. The van der Waals surface area contributed by atoms with Crippen LogP contribution in [0.5, 0.6) is 0 Å². The summed E-state index contributed by atoms with van der Waals surface area (Å²) >= 11 is 7.25. The van der Waals surface area contributed by atoms with Crippen molar-refractivity contribution in [1.82, 2.24) is 0 Å². The van der Waals surface area contributed by atoms with Gasteiger partial charge in [-0.1, -0.05) is 56.6 Å². The first kappa shape index (κ1) is 21.1. The van der Waals surface area contributed by atoms with Gasteiger partial charge in [-0.3, -0.25) is 4.79 Å². The molecule has 4 nitrogen and oxygen atoms in total. The number of nitrogens with one attached hydrogen (secondary N) is 1. The van der Waals surface area contributed by atoms with E-state index < -0.39 is 5.97 Å². The number of rotatable bonds is 4. The highest BCUT2D eigenvalue weighted by molar-refractivity contribution is 7.15. The van der Waals surface area contributed by atoms with Crippen LogP contribution in [0.3, 0.4) is 0 Å². The Kier molecular flexibility index (Phi) is 6.10. The van der Waals surface area contributed by atoms with Crippen molar-refractivity contribution in [2.75, 3.05) is 12.4 Å². The van der Waals surface area contributed by atoms with Gasteiger partial charge in [0.15, 0.2) is 0 Å². The fourth-order valence-electron chi connectivity index (χ4n) is 2.89. The number of hydrogen-bond acceptors (Lipinski definition) is 4. The lowest BCUT2D eigenvalue weighted by Gasteiger charge is -2.19. The second-order valence-corrected chi connectivity index (χ2v) is 8.95. The quantitative estimate of drug-likeness (QED) is 0.490. The molecule has 0 aliphatic rings. The molecular weight excluding hydrogens is 406 g/mol. The molecule has 3 rings (SSSR count). The molecule has 0 saturated heterocycles. The second kappa shape index (κ2) is 8.39. The molecule has 1 aromatic heterocycles. The Balaban J connectivity index is 1.91. The highest BCUT2D eigenvalue weighted by atomic mass is 35.5. The van der Waals surface area contributed by atoms with Gasteiger partial charge in [-0.25, -0.2) is 4.79 Å². The number of thiophene rings is 1. The first-order chi connectivity index (χ1) is 13.7. The molecule has 0 saturated carbocycles. The summed E-state index contributed by atoms with van der Waals surface area (Å²) in [6.45, 7) is 6.36. The zero-order valence-corrected chi connectivity index (χ0v) is 18.3. The van der Waals surface area contributed by atoms with Crippen LogP contribution in [-0.2, 0) is 10.2 Å². The van der Waals surface area contributed by atoms with Gasteiger partial charge < -0.3 is 10.1 Å². The fraction of sp³-hybridized carbons (Fsp3) is 0.217. The van der Waals surface area contributed by atoms with Crippen LogP contribution >= 0.6 is 22.9 Å². The molecular formula is C23H22ClNO3S. The molecule has 6 heteroatoms. The van der Waals surface area contributed by atoms with Gasteiger partial charge in [-0.15, -0.1) is 11.3 Å². The lowest BCUT2D eigenvalue weighted by atomic mass is 9.87. The highest BCUT2D eigenvalue weighted by Gasteiger charge is 2.23. The molecule has 0 aliphatic carbocycles. The average molecular weight is 428 g/mol. The normalized spacial score (nSPS) is 11.2. The Morgan fingerprint density at radius 2 is 1.62 bits per heavy atom. The van der Waals surface area contributed by atoms with E-state index >= 15 is 0 Å². The standard InChI is InChI=1S/C23H22ClNO3S/c1-23(2,3)16-9-5-15(6-10-16)20(26)25-21-19(22(27)28-4)18(13-29-21)14-7-11-17(24)12-8-14/h5-13H,1-4H3,(H,25,26). The maximum Gasteiger partial charge on any atom is 0.341 e. The lowest BCUT2D eigenvalue weighted by Crippen LogP contribution is -2.15. The minimum atomic E-state index is -0.505. The number of ether oxygens (including phenoxy) is 1. The van der Waals surface area contributed by atoms with Crippen LogP contribution in [0.4, 0.5) is 5.00 Å². The van der Waals surface area contributed by atoms with E-state index in [0.717, 1.165) is 11.1 Å². The second-order valence-electron chi connectivity index (χ2n) is 7.63. The smallest absolute Gasteiger partial charge is 0.341 e. The van der Waals surface area contributed by atoms with Crippen molar-refractivity contribution in [2.45, 2.75) is 26.2 Å². The third-order valence-corrected chi connectivity index (χ3v) is 5.72. The van der Waals surface area contributed by atoms with Gasteiger partial charge in [0.1, 0.15) is 10.6 Å². The van der Waals surface area contributed by atoms with Crippen LogP contribution in [0.2, 0.25) is 5.02 Å². The van der Waals surface area contributed by atoms with Crippen LogP contribution < -0.4 is 5.32 Å². The van der Waals surface area contributed by atoms with Gasteiger partial charge in [0, 0.05) is 21.5 Å². The topological polar surface area (TPSA) is 55.4 Å². The van der Waals surface area contributed by atoms with Crippen LogP contribution in [0.15, 0.2) is 53.9 Å². The fourth-order valence-corrected chi connectivity index (χ4v) is 3.97. The molecule has 1 amide bonds. The maximum absolute atomic E-state index is 12.8. The molecule has 0 atom stereocenters. The summed E-state index contributed by atoms with van der Waals surface area (Å²) < 4.78 is 4.95. The Morgan fingerprint density at radius 3 is 2.17 bits per heavy atom. The Morgan fingerprint density at radius 1 is 1.00 bits per heavy atom. The number of carbonyl (C=O) groups is 2. The van der Waals surface area contributed by atoms with Crippen LogP contribution in [-0.4, -0.2) is 19.0 Å². The predicted octanol–water partition coefficient (Wildman–Crippen LogP) is 6.40. The maximum atomic E-state index is 12.8. The first-order valence-corrected chi connectivity index (χ1v) is 10.3. The average Bonchev–Trinajstić information content (AvgIpc) is 3.10. The van der Waals surface area contributed by atoms with E-state index in [9.17, 15) is 9.59 Å². The van der Waals surface area contributed by atoms with Crippen LogP contribution in [0.25, 0.3) is 11.1 Å². The summed E-state index contributed by atoms with van der Waals surface area (Å²) in [6, 6.07) is 14.6. The van der Waals surface area contributed by atoms with Crippen molar-refractivity contribution in [3.05, 3.63) is 75.6 Å². The monoisotopic (exact) mass is 427 g/mol. The number of hydrogen-bond donors (Lipinski definition) is 1. The Bertz CT molecular complexity index is 1030. The molecule has 2 aromatic carbocycles. The summed E-state index contributed by atoms with van der Waals surface area (Å²) in [4.78, 5) is 25.2. The summed E-state index contributed by atoms with van der Waals surface area (Å²) in [5, 5.41) is 5.74. The number of esters is 1. The van der Waals surface area contributed by atoms with Crippen LogP contribution in [0.1, 0.15) is 47.1 Å². The van der Waals surface area contributed by atoms with Crippen molar-refractivity contribution < 1.29 is 14.3 Å². The SMILES string of the molecule is COC(=O)c1c(-c2ccc(Cl)cc2)csc1NC(=O)c1ccc(C(C)(C)C)cc1. The molecule has 0 bridgehead atoms. The first-order valence-electron chi connectivity index (χ1n) is 9.08. The predicted molar refractivity (Wildman–Crippen MR) is 119 cm³/mol. The number of amides is 1. The zero-order chi connectivity index (χ0) is 21.2. The molecule has 0 fully saturated rings. The number of methoxy groups -OCH3 is 1. The zero-order valence-electron chi connectivity index (χ0n) is 16.7. The summed E-state index contributed by atoms with van der Waals surface area (Å²) in [5.41, 5.74) is 3.52. The van der Waals surface area contributed by atoms with E-state index in [1.165, 1.54) is 18.4 Å². The summed E-state index contributed by atoms with van der Waals surface area (Å²) in [5.74, 6) is -0.783. The third-order valence-electron chi connectivity index (χ3n) is 4.58. The molecule has 0 radical (unpaired) electrons. The van der Waals surface area contributed by atoms with Crippen molar-refractivity contribution in [1.29, 1.82) is 0 Å². The number of carbonyl (C=O) groups excluding carboxylic acids is 2. The van der Waals surface area contributed by atoms with Gasteiger partial charge in [0.25, 0.3) is 5.91 Å². The number of halogens is 1. The van der Waals surface area contributed by atoms with Crippen molar-refractivity contribution in [3.8, 4) is 11.1 Å². The van der Waals surface area contributed by atoms with Gasteiger partial charge in [-0.2, -0.15) is 0 Å². The minimum Gasteiger partial charge on any atom is -0.465 e. The molecule has 150 valence electrons. The van der Waals surface area contributed by atoms with Gasteiger partial charge in [0.05, 0.1) is 7.11 Å². The van der Waals surface area contributed by atoms with E-state index in [1.54, 1.807) is 24.3 Å². The van der Waals surface area contributed by atoms with E-state index in [2.05, 4.69) is 26.1 Å². The molecule has 1 N–H and O–H groups in total. The van der Waals surface area contributed by atoms with E-state index in [1.807, 2.05) is 29.6 Å². The molecule has 1 heterocycles. The van der Waals surface area contributed by atoms with E-state index in [4.69, 9.17) is 16.3 Å². The van der Waals surface area contributed by atoms with E-state index in [-0.39, 0.29) is 11.3 Å². The Hall–Kier alpha value is -2.63. The van der Waals surface area contributed by atoms with Gasteiger partial charge in [0.2, 0.25) is 0 Å². The lowest BCUT2D eigenvalue weighted by molar-refractivity contribution is 0.0603.